The molecule has 0 spiro atoms. The molecule has 1 N–H and O–H groups in total. The van der Waals surface area contributed by atoms with E-state index in [4.69, 9.17) is 11.6 Å². The zero-order chi connectivity index (χ0) is 10.8. The Morgan fingerprint density at radius 1 is 1.50 bits per heavy atom. The standard InChI is InChI=1S/C6H4ClF3IN3/c7-3-1-12-4(11)5(14-3)13-2-6(8,9)10/h1H,2H2,(H,13,14). The highest BCUT2D eigenvalue weighted by molar-refractivity contribution is 14.1. The van der Waals surface area contributed by atoms with Crippen LogP contribution in [0.4, 0.5) is 19.0 Å². The van der Waals surface area contributed by atoms with Crippen LogP contribution in [0.1, 0.15) is 0 Å². The van der Waals surface area contributed by atoms with Crippen molar-refractivity contribution in [2.24, 2.45) is 0 Å². The summed E-state index contributed by atoms with van der Waals surface area (Å²) < 4.78 is 35.8. The third kappa shape index (κ3) is 3.82. The Bertz CT molecular complexity index is 331. The van der Waals surface area contributed by atoms with Crippen molar-refractivity contribution in [1.82, 2.24) is 9.97 Å². The van der Waals surface area contributed by atoms with Crippen LogP contribution >= 0.6 is 34.2 Å². The van der Waals surface area contributed by atoms with Crippen molar-refractivity contribution in [3.63, 3.8) is 0 Å². The van der Waals surface area contributed by atoms with Crippen molar-refractivity contribution in [3.05, 3.63) is 15.1 Å². The molecule has 14 heavy (non-hydrogen) atoms. The molecule has 1 aromatic heterocycles. The van der Waals surface area contributed by atoms with Crippen molar-refractivity contribution in [1.29, 1.82) is 0 Å². The molecule has 0 aliphatic heterocycles. The van der Waals surface area contributed by atoms with Crippen LogP contribution < -0.4 is 5.32 Å². The van der Waals surface area contributed by atoms with Crippen LogP contribution in [0.15, 0.2) is 6.20 Å². The molecule has 0 fully saturated rings. The Kier molecular flexibility index (Phi) is 3.76. The molecule has 0 amide bonds. The second-order valence-corrected chi connectivity index (χ2v) is 3.71. The van der Waals surface area contributed by atoms with Crippen LogP contribution in [0.25, 0.3) is 0 Å². The average molecular weight is 337 g/mol. The molecular formula is C6H4ClF3IN3. The summed E-state index contributed by atoms with van der Waals surface area (Å²) in [5.74, 6) is 0.0374. The highest BCUT2D eigenvalue weighted by Crippen LogP contribution is 2.19. The van der Waals surface area contributed by atoms with Gasteiger partial charge in [0.1, 0.15) is 15.4 Å². The maximum Gasteiger partial charge on any atom is 0.405 e. The smallest absolute Gasteiger partial charge is 0.359 e. The van der Waals surface area contributed by atoms with E-state index >= 15 is 0 Å². The minimum absolute atomic E-state index is 0.0374. The fraction of sp³-hybridized carbons (Fsp3) is 0.333. The molecule has 0 aliphatic rings. The summed E-state index contributed by atoms with van der Waals surface area (Å²) in [5.41, 5.74) is 0. The molecule has 0 saturated carbocycles. The van der Waals surface area contributed by atoms with Gasteiger partial charge < -0.3 is 5.32 Å². The van der Waals surface area contributed by atoms with E-state index in [1.807, 2.05) is 0 Å². The number of anilines is 1. The van der Waals surface area contributed by atoms with Gasteiger partial charge in [0.05, 0.1) is 6.20 Å². The van der Waals surface area contributed by atoms with Gasteiger partial charge in [-0.25, -0.2) is 9.97 Å². The zero-order valence-electron chi connectivity index (χ0n) is 6.57. The lowest BCUT2D eigenvalue weighted by Gasteiger charge is -2.09. The summed E-state index contributed by atoms with van der Waals surface area (Å²) in [7, 11) is 0. The first-order valence-corrected chi connectivity index (χ1v) is 4.83. The number of halogens is 5. The number of nitrogens with zero attached hydrogens (tertiary/aromatic N) is 2. The number of nitrogens with one attached hydrogen (secondary N) is 1. The maximum atomic E-state index is 11.8. The zero-order valence-corrected chi connectivity index (χ0v) is 9.48. The van der Waals surface area contributed by atoms with E-state index in [1.54, 1.807) is 22.6 Å². The van der Waals surface area contributed by atoms with Crippen LogP contribution in [-0.4, -0.2) is 22.7 Å². The minimum atomic E-state index is -4.28. The van der Waals surface area contributed by atoms with Crippen LogP contribution in [0.5, 0.6) is 0 Å². The number of hydrogen-bond acceptors (Lipinski definition) is 3. The predicted molar refractivity (Wildman–Crippen MR) is 54.3 cm³/mol. The average Bonchev–Trinajstić information content (AvgIpc) is 2.05. The Balaban J connectivity index is 2.72. The van der Waals surface area contributed by atoms with Gasteiger partial charge in [0.25, 0.3) is 0 Å². The van der Waals surface area contributed by atoms with E-state index in [1.165, 1.54) is 6.20 Å². The monoisotopic (exact) mass is 337 g/mol. The van der Waals surface area contributed by atoms with Crippen molar-refractivity contribution in [3.8, 4) is 0 Å². The normalized spacial score (nSPS) is 11.5. The summed E-state index contributed by atoms with van der Waals surface area (Å²) in [4.78, 5) is 7.40. The van der Waals surface area contributed by atoms with Gasteiger partial charge in [-0.1, -0.05) is 11.6 Å². The van der Waals surface area contributed by atoms with E-state index in [0.29, 0.717) is 3.70 Å². The van der Waals surface area contributed by atoms with E-state index in [0.717, 1.165) is 0 Å². The van der Waals surface area contributed by atoms with Crippen LogP contribution in [0, 0.1) is 3.70 Å². The summed E-state index contributed by atoms with van der Waals surface area (Å²) in [5, 5.41) is 2.15. The second kappa shape index (κ2) is 4.47. The fourth-order valence-electron chi connectivity index (χ4n) is 0.649. The summed E-state index contributed by atoms with van der Waals surface area (Å²) in [6, 6.07) is 0. The minimum Gasteiger partial charge on any atom is -0.359 e. The van der Waals surface area contributed by atoms with E-state index in [-0.39, 0.29) is 11.0 Å². The molecule has 0 saturated heterocycles. The van der Waals surface area contributed by atoms with Gasteiger partial charge in [-0.2, -0.15) is 13.2 Å². The van der Waals surface area contributed by atoms with Gasteiger partial charge in [0.15, 0.2) is 5.82 Å². The predicted octanol–water partition coefficient (Wildman–Crippen LogP) is 2.71. The topological polar surface area (TPSA) is 37.8 Å². The van der Waals surface area contributed by atoms with Gasteiger partial charge in [-0.05, 0) is 22.6 Å². The Morgan fingerprint density at radius 2 is 2.14 bits per heavy atom. The molecule has 1 heterocycles. The summed E-state index contributed by atoms with van der Waals surface area (Å²) in [6.07, 6.45) is -3.02. The third-order valence-corrected chi connectivity index (χ3v) is 2.13. The number of alkyl halides is 3. The Hall–Kier alpha value is -0.310. The molecule has 1 aromatic rings. The molecule has 78 valence electrons. The first-order valence-electron chi connectivity index (χ1n) is 3.37. The van der Waals surface area contributed by atoms with E-state index in [9.17, 15) is 13.2 Å². The van der Waals surface area contributed by atoms with Crippen molar-refractivity contribution in [2.45, 2.75) is 6.18 Å². The number of hydrogen-bond donors (Lipinski definition) is 1. The molecule has 3 nitrogen and oxygen atoms in total. The van der Waals surface area contributed by atoms with Gasteiger partial charge in [-0.3, -0.25) is 0 Å². The molecule has 1 rings (SSSR count). The highest BCUT2D eigenvalue weighted by Gasteiger charge is 2.27. The Labute approximate surface area is 96.2 Å². The van der Waals surface area contributed by atoms with E-state index in [2.05, 4.69) is 15.3 Å². The Morgan fingerprint density at radius 3 is 2.71 bits per heavy atom. The van der Waals surface area contributed by atoms with E-state index < -0.39 is 12.7 Å². The van der Waals surface area contributed by atoms with Crippen LogP contribution in [0.2, 0.25) is 5.15 Å². The van der Waals surface area contributed by atoms with Crippen molar-refractivity contribution in [2.75, 3.05) is 11.9 Å². The van der Waals surface area contributed by atoms with Gasteiger partial charge >= 0.3 is 6.18 Å². The number of rotatable bonds is 2. The van der Waals surface area contributed by atoms with Crippen molar-refractivity contribution < 1.29 is 13.2 Å². The lowest BCUT2D eigenvalue weighted by Crippen LogP contribution is -2.22. The quantitative estimate of drug-likeness (QED) is 0.843. The molecule has 0 aromatic carbocycles. The first-order chi connectivity index (χ1) is 6.38. The fourth-order valence-corrected chi connectivity index (χ4v) is 1.23. The molecule has 0 atom stereocenters. The molecule has 0 bridgehead atoms. The summed E-state index contributed by atoms with van der Waals surface area (Å²) >= 11 is 7.24. The molecule has 0 unspecified atom stereocenters. The lowest BCUT2D eigenvalue weighted by atomic mass is 10.6. The number of aromatic nitrogens is 2. The van der Waals surface area contributed by atoms with Crippen LogP contribution in [0.3, 0.4) is 0 Å². The highest BCUT2D eigenvalue weighted by atomic mass is 127. The molecule has 0 radical (unpaired) electrons. The van der Waals surface area contributed by atoms with Gasteiger partial charge in [-0.15, -0.1) is 0 Å². The second-order valence-electron chi connectivity index (χ2n) is 2.30. The molecule has 8 heteroatoms. The van der Waals surface area contributed by atoms with Crippen molar-refractivity contribution >= 4 is 40.0 Å². The largest absolute Gasteiger partial charge is 0.405 e. The summed E-state index contributed by atoms with van der Waals surface area (Å²) in [6.45, 7) is -1.15. The van der Waals surface area contributed by atoms with Crippen LogP contribution in [-0.2, 0) is 0 Å². The third-order valence-electron chi connectivity index (χ3n) is 1.15. The lowest BCUT2D eigenvalue weighted by molar-refractivity contribution is -0.115. The van der Waals surface area contributed by atoms with Gasteiger partial charge in [0, 0.05) is 0 Å². The molecular weight excluding hydrogens is 333 g/mol. The van der Waals surface area contributed by atoms with Gasteiger partial charge in [0.2, 0.25) is 0 Å². The SMILES string of the molecule is FC(F)(F)CNc1nc(Cl)cnc1I. The first kappa shape index (κ1) is 11.8. The molecule has 0 aliphatic carbocycles. The maximum absolute atomic E-state index is 11.8.